The fourth-order valence-electron chi connectivity index (χ4n) is 1.08. The Hall–Kier alpha value is -1.16. The lowest BCUT2D eigenvalue weighted by Gasteiger charge is -2.01. The molecule has 7 heteroatoms. The maximum absolute atomic E-state index is 11.2. The van der Waals surface area contributed by atoms with Crippen LogP contribution in [0, 0.1) is 0 Å². The largest absolute Gasteiger partial charge is 0.650 e. The smallest absolute Gasteiger partial charge is 0.374 e. The molecule has 1 atom stereocenters. The number of aromatic nitrogens is 2. The zero-order chi connectivity index (χ0) is 7.64. The lowest BCUT2D eigenvalue weighted by molar-refractivity contribution is 0.353. The van der Waals surface area contributed by atoms with Crippen molar-refractivity contribution in [2.45, 2.75) is 0 Å². The van der Waals surface area contributed by atoms with Gasteiger partial charge in [-0.3, -0.25) is 0 Å². The summed E-state index contributed by atoms with van der Waals surface area (Å²) in [6.45, 7) is 0. The molecule has 0 N–H and O–H groups in total. The van der Waals surface area contributed by atoms with E-state index >= 15 is 0 Å². The summed E-state index contributed by atoms with van der Waals surface area (Å²) in [5.74, 6) is 1.00. The number of hydrogen-bond acceptors (Lipinski definition) is 5. The monoisotopic (exact) mass is 174 g/mol. The highest BCUT2D eigenvalue weighted by Crippen LogP contribution is 2.68. The number of phosphoric ester groups is 1. The van der Waals surface area contributed by atoms with Crippen LogP contribution in [-0.4, -0.2) is 9.78 Å². The van der Waals surface area contributed by atoms with Crippen LogP contribution < -0.4 is 13.6 Å². The van der Waals surface area contributed by atoms with Crippen molar-refractivity contribution in [1.29, 1.82) is 0 Å². The van der Waals surface area contributed by atoms with Crippen molar-refractivity contribution in [3.63, 3.8) is 0 Å². The van der Waals surface area contributed by atoms with Crippen molar-refractivity contribution in [2.24, 2.45) is 7.05 Å². The van der Waals surface area contributed by atoms with Crippen molar-refractivity contribution in [3.05, 3.63) is 0 Å². The number of nitrogens with zero attached hydrogens (tertiary/aromatic N) is 2. The van der Waals surface area contributed by atoms with Gasteiger partial charge in [-0.25, -0.2) is 4.68 Å². The average molecular weight is 174 g/mol. The molecule has 1 unspecified atom stereocenters. The van der Waals surface area contributed by atoms with Crippen LogP contribution >= 0.6 is 7.82 Å². The van der Waals surface area contributed by atoms with E-state index in [-0.39, 0.29) is 5.88 Å². The minimum atomic E-state index is -3.31. The van der Waals surface area contributed by atoms with Gasteiger partial charge in [-0.15, -0.1) is 5.10 Å². The maximum Gasteiger partial charge on any atom is 0.650 e. The van der Waals surface area contributed by atoms with Crippen LogP contribution in [0.1, 0.15) is 0 Å². The summed E-state index contributed by atoms with van der Waals surface area (Å²) in [6.07, 6.45) is 0. The van der Waals surface area contributed by atoms with E-state index in [0.29, 0.717) is 11.6 Å². The van der Waals surface area contributed by atoms with E-state index in [2.05, 4.69) is 5.10 Å². The topological polar surface area (TPSA) is 62.6 Å². The predicted octanol–water partition coefficient (Wildman–Crippen LogP) is 0.692. The number of aryl methyl sites for hydroxylation is 1. The van der Waals surface area contributed by atoms with Gasteiger partial charge in [-0.05, 0) is 0 Å². The Bertz CT molecular complexity index is 391. The van der Waals surface area contributed by atoms with E-state index in [4.69, 9.17) is 13.6 Å². The summed E-state index contributed by atoms with van der Waals surface area (Å²) in [5.41, 5.74) is 0. The van der Waals surface area contributed by atoms with Gasteiger partial charge < -0.3 is 13.6 Å². The molecule has 3 heterocycles. The highest BCUT2D eigenvalue weighted by atomic mass is 31.2. The summed E-state index contributed by atoms with van der Waals surface area (Å²) < 4.78 is 27.1. The fourth-order valence-corrected chi connectivity index (χ4v) is 2.32. The van der Waals surface area contributed by atoms with Gasteiger partial charge in [0, 0.05) is 7.05 Å². The summed E-state index contributed by atoms with van der Waals surface area (Å²) in [6, 6.07) is 0. The molecular weight excluding hydrogens is 171 g/mol. The molecule has 11 heavy (non-hydrogen) atoms. The first-order valence-corrected chi connectivity index (χ1v) is 4.40. The Morgan fingerprint density at radius 3 is 2.82 bits per heavy atom. The van der Waals surface area contributed by atoms with Crippen LogP contribution in [0.25, 0.3) is 0 Å². The van der Waals surface area contributed by atoms with Crippen molar-refractivity contribution >= 4 is 7.82 Å². The van der Waals surface area contributed by atoms with Crippen molar-refractivity contribution in [3.8, 4) is 17.5 Å². The molecule has 1 aromatic rings. The second-order valence-corrected chi connectivity index (χ2v) is 3.73. The predicted molar refractivity (Wildman–Crippen MR) is 32.7 cm³/mol. The minimum Gasteiger partial charge on any atom is -0.374 e. The molecule has 2 aliphatic rings. The molecule has 0 fully saturated rings. The Morgan fingerprint density at radius 1 is 1.45 bits per heavy atom. The molecule has 0 spiro atoms. The Kier molecular flexibility index (Phi) is 0.624. The second-order valence-electron chi connectivity index (χ2n) is 2.28. The summed E-state index contributed by atoms with van der Waals surface area (Å²) >= 11 is 0. The van der Waals surface area contributed by atoms with Crippen LogP contribution in [0.2, 0.25) is 0 Å². The molecule has 1 aromatic heterocycles. The zero-order valence-electron chi connectivity index (χ0n) is 5.47. The molecular formula is C4H3N2O4P. The molecule has 6 nitrogen and oxygen atoms in total. The van der Waals surface area contributed by atoms with Gasteiger partial charge in [-0.1, -0.05) is 0 Å². The highest BCUT2D eigenvalue weighted by molar-refractivity contribution is 7.50. The standard InChI is InChI=1S/C4H3N2O4P/c1-6-4-2-3(5-6)9-11(7,8-2)10-4/h1H3. The number of rotatable bonds is 0. The third-order valence-electron chi connectivity index (χ3n) is 1.52. The lowest BCUT2D eigenvalue weighted by Crippen LogP contribution is -1.95. The van der Waals surface area contributed by atoms with Crippen molar-refractivity contribution in [1.82, 2.24) is 9.78 Å². The molecule has 2 aliphatic heterocycles. The summed E-state index contributed by atoms with van der Waals surface area (Å²) in [4.78, 5) is 0. The Balaban J connectivity index is 2.42. The second kappa shape index (κ2) is 1.25. The van der Waals surface area contributed by atoms with E-state index in [0.717, 1.165) is 0 Å². The molecule has 0 saturated heterocycles. The number of hydrogen-bond donors (Lipinski definition) is 0. The van der Waals surface area contributed by atoms with E-state index < -0.39 is 7.82 Å². The fraction of sp³-hybridized carbons (Fsp3) is 0.250. The quantitative estimate of drug-likeness (QED) is 0.541. The third kappa shape index (κ3) is 0.464. The van der Waals surface area contributed by atoms with Gasteiger partial charge in [0.15, 0.2) is 0 Å². The molecule has 0 amide bonds. The first kappa shape index (κ1) is 5.49. The van der Waals surface area contributed by atoms with Crippen molar-refractivity contribution in [2.75, 3.05) is 0 Å². The average Bonchev–Trinajstić information content (AvgIpc) is 2.41. The van der Waals surface area contributed by atoms with E-state index in [9.17, 15) is 4.57 Å². The molecule has 0 aliphatic carbocycles. The number of phosphoric acid groups is 1. The third-order valence-corrected chi connectivity index (χ3v) is 2.72. The molecule has 0 saturated carbocycles. The molecule has 2 bridgehead atoms. The van der Waals surface area contributed by atoms with Crippen LogP contribution in [-0.2, 0) is 11.6 Å². The Morgan fingerprint density at radius 2 is 2.27 bits per heavy atom. The van der Waals surface area contributed by atoms with Gasteiger partial charge in [0.1, 0.15) is 0 Å². The SMILES string of the molecule is Cn1nc2c3c1OP(=O)(O2)O3. The first-order chi connectivity index (χ1) is 5.18. The highest BCUT2D eigenvalue weighted by Gasteiger charge is 2.53. The first-order valence-electron chi connectivity index (χ1n) is 2.94. The van der Waals surface area contributed by atoms with Gasteiger partial charge in [0.25, 0.3) is 17.5 Å². The van der Waals surface area contributed by atoms with Crippen LogP contribution in [0.15, 0.2) is 0 Å². The molecule has 3 rings (SSSR count). The van der Waals surface area contributed by atoms with Crippen molar-refractivity contribution < 1.29 is 18.1 Å². The molecule has 0 aromatic carbocycles. The van der Waals surface area contributed by atoms with Gasteiger partial charge in [0.05, 0.1) is 0 Å². The van der Waals surface area contributed by atoms with Gasteiger partial charge in [0.2, 0.25) is 0 Å². The Labute approximate surface area is 61.3 Å². The van der Waals surface area contributed by atoms with Gasteiger partial charge >= 0.3 is 7.82 Å². The minimum absolute atomic E-state index is 0.261. The molecule has 0 radical (unpaired) electrons. The van der Waals surface area contributed by atoms with E-state index in [1.807, 2.05) is 0 Å². The van der Waals surface area contributed by atoms with E-state index in [1.165, 1.54) is 4.68 Å². The van der Waals surface area contributed by atoms with Crippen LogP contribution in [0.3, 0.4) is 0 Å². The van der Waals surface area contributed by atoms with E-state index in [1.54, 1.807) is 7.05 Å². The normalized spacial score (nSPS) is 29.5. The zero-order valence-corrected chi connectivity index (χ0v) is 6.37. The number of fused-ring (bicyclic) bond motifs is 1. The molecule has 58 valence electrons. The summed E-state index contributed by atoms with van der Waals surface area (Å²) in [7, 11) is -1.65. The summed E-state index contributed by atoms with van der Waals surface area (Å²) in [5, 5.41) is 3.85. The van der Waals surface area contributed by atoms with Crippen LogP contribution in [0.4, 0.5) is 0 Å². The van der Waals surface area contributed by atoms with Gasteiger partial charge in [-0.2, -0.15) is 4.57 Å². The maximum atomic E-state index is 11.2. The lowest BCUT2D eigenvalue weighted by atomic mass is 10.6. The van der Waals surface area contributed by atoms with Crippen LogP contribution in [0.5, 0.6) is 17.5 Å².